The summed E-state index contributed by atoms with van der Waals surface area (Å²) in [7, 11) is -1.04. The van der Waals surface area contributed by atoms with Gasteiger partial charge < -0.3 is 53.9 Å². The van der Waals surface area contributed by atoms with Crippen molar-refractivity contribution in [3.05, 3.63) is 36.3 Å². The van der Waals surface area contributed by atoms with Crippen LogP contribution in [-0.2, 0) is 13.9 Å². The quantitative estimate of drug-likeness (QED) is 0.156. The zero-order chi connectivity index (χ0) is 29.2. The van der Waals surface area contributed by atoms with Gasteiger partial charge in [-0.15, -0.1) is 0 Å². The number of benzene rings is 1. The van der Waals surface area contributed by atoms with Crippen LogP contribution in [0.25, 0.3) is 0 Å². The smallest absolute Gasteiger partial charge is 0.790 e. The second-order valence-electron chi connectivity index (χ2n) is 8.62. The van der Waals surface area contributed by atoms with Crippen molar-refractivity contribution in [1.82, 2.24) is 15.0 Å². The number of phosphoric acid groups is 1. The summed E-state index contributed by atoms with van der Waals surface area (Å²) in [5, 5.41) is 5.60. The van der Waals surface area contributed by atoms with Crippen LogP contribution < -0.4 is 103 Å². The van der Waals surface area contributed by atoms with E-state index in [9.17, 15) is 23.5 Å². The van der Waals surface area contributed by atoms with Crippen LogP contribution in [0.4, 0.5) is 33.5 Å². The monoisotopic (exact) mass is 642 g/mol. The number of hydrogen-bond donors (Lipinski definition) is 2. The van der Waals surface area contributed by atoms with Crippen LogP contribution in [0.2, 0.25) is 0 Å². The van der Waals surface area contributed by atoms with Gasteiger partial charge in [0.1, 0.15) is 12.5 Å². The molecule has 0 fully saturated rings. The van der Waals surface area contributed by atoms with Gasteiger partial charge in [0.15, 0.2) is 40.3 Å². The predicted molar refractivity (Wildman–Crippen MR) is 138 cm³/mol. The molecule has 0 saturated carbocycles. The Labute approximate surface area is 289 Å². The average Bonchev–Trinajstić information content (AvgIpc) is 2.89. The Morgan fingerprint density at radius 2 is 1.67 bits per heavy atom. The van der Waals surface area contributed by atoms with Crippen molar-refractivity contribution in [2.24, 2.45) is 0 Å². The number of rotatable bonds is 10. The van der Waals surface area contributed by atoms with Gasteiger partial charge >= 0.3 is 59.1 Å². The van der Waals surface area contributed by atoms with Crippen molar-refractivity contribution in [3.8, 4) is 23.0 Å². The maximum atomic E-state index is 14.7. The van der Waals surface area contributed by atoms with Crippen molar-refractivity contribution >= 4 is 42.8 Å². The first-order chi connectivity index (χ1) is 18.8. The van der Waals surface area contributed by atoms with E-state index in [1.54, 1.807) is 12.1 Å². The van der Waals surface area contributed by atoms with E-state index in [0.29, 0.717) is 22.9 Å². The summed E-state index contributed by atoms with van der Waals surface area (Å²) in [5.41, 5.74) is -0.962. The molecule has 0 spiro atoms. The summed E-state index contributed by atoms with van der Waals surface area (Å²) in [6.07, 6.45) is 0.920. The van der Waals surface area contributed by atoms with Gasteiger partial charge in [-0.3, -0.25) is 9.69 Å². The Balaban J connectivity index is 0.00000308. The Bertz CT molecular complexity index is 1470. The normalized spacial score (nSPS) is 13.2. The number of phosphoric ester groups is 1. The maximum absolute atomic E-state index is 14.7. The molecule has 1 aliphatic heterocycles. The third kappa shape index (κ3) is 9.12. The molecule has 0 aliphatic carbocycles. The second-order valence-corrected chi connectivity index (χ2v) is 9.78. The minimum atomic E-state index is -5.41. The van der Waals surface area contributed by atoms with E-state index in [1.807, 2.05) is 0 Å². The first-order valence-electron chi connectivity index (χ1n) is 11.4. The van der Waals surface area contributed by atoms with Gasteiger partial charge in [-0.1, -0.05) is 0 Å². The van der Waals surface area contributed by atoms with E-state index >= 15 is 0 Å². The second kappa shape index (κ2) is 15.6. The maximum Gasteiger partial charge on any atom is 1.00 e. The number of halogens is 1. The Morgan fingerprint density at radius 1 is 1.05 bits per heavy atom. The molecule has 0 unspecified atom stereocenters. The van der Waals surface area contributed by atoms with E-state index in [1.165, 1.54) is 47.3 Å². The summed E-state index contributed by atoms with van der Waals surface area (Å²) in [6, 6.07) is 6.05. The van der Waals surface area contributed by atoms with Crippen molar-refractivity contribution < 1.29 is 112 Å². The fourth-order valence-corrected chi connectivity index (χ4v) is 3.94. The zero-order valence-corrected chi connectivity index (χ0v) is 29.3. The summed E-state index contributed by atoms with van der Waals surface area (Å²) in [5.74, 6) is -0.806. The SMILES string of the molecule is COc1cc(Nc2ncc(F)c(Nc3ccc4c(n3)N(COP(=O)([O-])[O-])C(=O)C(C)(C)O4)n2)cc(OC)c1OC.O.[Na+].[Na+]. The molecule has 4 rings (SSSR count). The number of nitrogens with one attached hydrogen (secondary N) is 2. The van der Waals surface area contributed by atoms with Crippen molar-refractivity contribution in [2.45, 2.75) is 19.4 Å². The van der Waals surface area contributed by atoms with Crippen LogP contribution in [0, 0.1) is 5.82 Å². The fourth-order valence-electron chi connectivity index (χ4n) is 3.68. The van der Waals surface area contributed by atoms with Crippen LogP contribution in [0.1, 0.15) is 13.8 Å². The molecular weight excluding hydrogens is 616 g/mol. The Kier molecular flexibility index (Phi) is 14.1. The minimum absolute atomic E-state index is 0. The molecule has 1 amide bonds. The minimum Gasteiger partial charge on any atom is -0.790 e. The fraction of sp³-hybridized carbons (Fsp3) is 0.304. The van der Waals surface area contributed by atoms with Gasteiger partial charge in [0.25, 0.3) is 5.91 Å². The first kappa shape index (κ1) is 38.7. The predicted octanol–water partition coefficient (Wildman–Crippen LogP) is -4.99. The van der Waals surface area contributed by atoms with Crippen molar-refractivity contribution in [1.29, 1.82) is 0 Å². The van der Waals surface area contributed by atoms with Gasteiger partial charge in [-0.25, -0.2) is 14.4 Å². The topological polar surface area (TPSA) is 224 Å². The molecule has 1 aliphatic rings. The molecule has 4 N–H and O–H groups in total. The number of anilines is 5. The van der Waals surface area contributed by atoms with E-state index in [0.717, 1.165) is 11.1 Å². The molecule has 0 radical (unpaired) electrons. The standard InChI is InChI=1S/C23H26FN6O9P.2Na.H2O/c1-23(2)21(31)30(11-38-40(32,33)34)20-14(39-23)6-7-17(28-20)27-19-13(24)10-25-22(29-19)26-12-8-15(35-3)18(37-5)16(9-12)36-4;;;/h6-10H,11H2,1-5H3,(H2,32,33,34)(H2,25,26,27,28,29);;;1H2/q;2*+1;/p-2. The molecule has 3 heterocycles. The number of fused-ring (bicyclic) bond motifs is 1. The van der Waals surface area contributed by atoms with Crippen molar-refractivity contribution in [2.75, 3.05) is 43.6 Å². The number of methoxy groups -OCH3 is 3. The van der Waals surface area contributed by atoms with Crippen LogP contribution in [0.5, 0.6) is 23.0 Å². The molecule has 0 saturated heterocycles. The van der Waals surface area contributed by atoms with E-state index in [4.69, 9.17) is 18.9 Å². The molecular formula is C23H26FN6Na2O10P. The number of ether oxygens (including phenoxy) is 4. The summed E-state index contributed by atoms with van der Waals surface area (Å²) in [6.45, 7) is 1.97. The number of nitrogens with zero attached hydrogens (tertiary/aromatic N) is 4. The number of hydrogen-bond acceptors (Lipinski definition) is 14. The summed E-state index contributed by atoms with van der Waals surface area (Å²) in [4.78, 5) is 48.1. The molecule has 20 heteroatoms. The number of carbonyl (C=O) groups excluding carboxylic acids is 1. The number of amides is 1. The van der Waals surface area contributed by atoms with Gasteiger partial charge in [0, 0.05) is 17.8 Å². The molecule has 43 heavy (non-hydrogen) atoms. The average molecular weight is 642 g/mol. The first-order valence-corrected chi connectivity index (χ1v) is 12.9. The van der Waals surface area contributed by atoms with Gasteiger partial charge in [0.05, 0.1) is 35.3 Å². The molecule has 222 valence electrons. The summed E-state index contributed by atoms with van der Waals surface area (Å²) < 4.78 is 51.6. The van der Waals surface area contributed by atoms with Crippen molar-refractivity contribution in [3.63, 3.8) is 0 Å². The largest absolute Gasteiger partial charge is 1.00 e. The molecule has 2 aromatic heterocycles. The number of pyridine rings is 1. The Morgan fingerprint density at radius 3 is 2.23 bits per heavy atom. The van der Waals surface area contributed by atoms with Crippen LogP contribution in [-0.4, -0.2) is 60.0 Å². The van der Waals surface area contributed by atoms with Gasteiger partial charge in [-0.2, -0.15) is 4.98 Å². The van der Waals surface area contributed by atoms with Gasteiger partial charge in [-0.05, 0) is 26.0 Å². The van der Waals surface area contributed by atoms with E-state index in [-0.39, 0.29) is 93.7 Å². The molecule has 1 aromatic carbocycles. The van der Waals surface area contributed by atoms with Crippen LogP contribution in [0.3, 0.4) is 0 Å². The molecule has 0 atom stereocenters. The number of carbonyl (C=O) groups is 1. The molecule has 3 aromatic rings. The zero-order valence-electron chi connectivity index (χ0n) is 24.4. The van der Waals surface area contributed by atoms with Crippen LogP contribution in [0.15, 0.2) is 30.5 Å². The molecule has 0 bridgehead atoms. The Hall–Kier alpha value is -2.28. The van der Waals surface area contributed by atoms with Crippen LogP contribution >= 0.6 is 7.82 Å². The summed E-state index contributed by atoms with van der Waals surface area (Å²) >= 11 is 0. The molecule has 16 nitrogen and oxygen atoms in total. The number of aromatic nitrogens is 3. The van der Waals surface area contributed by atoms with E-state index in [2.05, 4.69) is 30.1 Å². The van der Waals surface area contributed by atoms with E-state index < -0.39 is 31.9 Å². The third-order valence-corrected chi connectivity index (χ3v) is 5.91. The van der Waals surface area contributed by atoms with Gasteiger partial charge in [0.2, 0.25) is 11.7 Å². The third-order valence-electron chi connectivity index (χ3n) is 5.48.